The molecule has 0 spiro atoms. The lowest BCUT2D eigenvalue weighted by molar-refractivity contribution is -0.149. The van der Waals surface area contributed by atoms with Gasteiger partial charge in [0.15, 0.2) is 0 Å². The summed E-state index contributed by atoms with van der Waals surface area (Å²) < 4.78 is 5.43. The van der Waals surface area contributed by atoms with Gasteiger partial charge in [-0.25, -0.2) is 0 Å². The second-order valence-corrected chi connectivity index (χ2v) is 5.47. The van der Waals surface area contributed by atoms with Crippen LogP contribution in [0.15, 0.2) is 30.3 Å². The Kier molecular flexibility index (Phi) is 3.08. The van der Waals surface area contributed by atoms with Crippen LogP contribution in [-0.4, -0.2) is 29.6 Å². The van der Waals surface area contributed by atoms with Crippen LogP contribution in [0.2, 0.25) is 0 Å². The Labute approximate surface area is 108 Å². The standard InChI is InChI=1S/C15H19NO2/c1-11(17)18-15-8-13-7-14(15)16(10-13)9-12-5-3-2-4-6-12/h2-6,13-15H,7-10H2,1H3. The van der Waals surface area contributed by atoms with Crippen molar-refractivity contribution in [2.45, 2.75) is 38.5 Å². The quantitative estimate of drug-likeness (QED) is 0.765. The molecule has 1 aliphatic heterocycles. The van der Waals surface area contributed by atoms with Crippen molar-refractivity contribution in [3.05, 3.63) is 35.9 Å². The molecule has 1 saturated heterocycles. The fourth-order valence-electron chi connectivity index (χ4n) is 3.42. The third kappa shape index (κ3) is 2.27. The summed E-state index contributed by atoms with van der Waals surface area (Å²) in [7, 11) is 0. The third-order valence-electron chi connectivity index (χ3n) is 4.08. The molecule has 0 radical (unpaired) electrons. The lowest BCUT2D eigenvalue weighted by atomic mass is 10.1. The van der Waals surface area contributed by atoms with E-state index in [0.29, 0.717) is 12.0 Å². The molecule has 0 N–H and O–H groups in total. The van der Waals surface area contributed by atoms with Crippen molar-refractivity contribution in [3.63, 3.8) is 0 Å². The SMILES string of the molecule is CC(=O)OC1CC2CC1N(Cc1ccccc1)C2. The zero-order valence-corrected chi connectivity index (χ0v) is 10.7. The topological polar surface area (TPSA) is 29.5 Å². The minimum Gasteiger partial charge on any atom is -0.461 e. The lowest BCUT2D eigenvalue weighted by Crippen LogP contribution is -2.42. The second kappa shape index (κ2) is 4.73. The van der Waals surface area contributed by atoms with Gasteiger partial charge in [-0.15, -0.1) is 0 Å². The van der Waals surface area contributed by atoms with Gasteiger partial charge in [0, 0.05) is 26.1 Å². The van der Waals surface area contributed by atoms with Crippen LogP contribution in [0, 0.1) is 5.92 Å². The number of benzene rings is 1. The molecule has 0 amide bonds. The highest BCUT2D eigenvalue weighted by Gasteiger charge is 2.46. The Morgan fingerprint density at radius 2 is 2.11 bits per heavy atom. The number of piperidine rings is 1. The number of esters is 1. The minimum atomic E-state index is -0.146. The van der Waals surface area contributed by atoms with Gasteiger partial charge in [-0.05, 0) is 24.3 Å². The number of carbonyl (C=O) groups excluding carboxylic acids is 1. The van der Waals surface area contributed by atoms with Crippen molar-refractivity contribution < 1.29 is 9.53 Å². The first-order valence-electron chi connectivity index (χ1n) is 6.67. The Morgan fingerprint density at radius 3 is 2.78 bits per heavy atom. The monoisotopic (exact) mass is 245 g/mol. The highest BCUT2D eigenvalue weighted by molar-refractivity contribution is 5.66. The van der Waals surface area contributed by atoms with Gasteiger partial charge in [-0.2, -0.15) is 0 Å². The van der Waals surface area contributed by atoms with Crippen LogP contribution in [0.5, 0.6) is 0 Å². The fraction of sp³-hybridized carbons (Fsp3) is 0.533. The molecule has 3 rings (SSSR count). The molecule has 3 unspecified atom stereocenters. The number of carbonyl (C=O) groups is 1. The molecule has 0 aromatic heterocycles. The second-order valence-electron chi connectivity index (χ2n) is 5.47. The first-order chi connectivity index (χ1) is 8.72. The van der Waals surface area contributed by atoms with E-state index in [-0.39, 0.29) is 12.1 Å². The van der Waals surface area contributed by atoms with E-state index >= 15 is 0 Å². The molecule has 96 valence electrons. The molecule has 3 heteroatoms. The summed E-state index contributed by atoms with van der Waals surface area (Å²) in [5.74, 6) is 0.565. The first kappa shape index (κ1) is 11.7. The van der Waals surface area contributed by atoms with Crippen molar-refractivity contribution in [2.24, 2.45) is 5.92 Å². The van der Waals surface area contributed by atoms with E-state index in [9.17, 15) is 4.79 Å². The van der Waals surface area contributed by atoms with Gasteiger partial charge in [-0.1, -0.05) is 30.3 Å². The molecule has 1 saturated carbocycles. The Hall–Kier alpha value is -1.35. The fourth-order valence-corrected chi connectivity index (χ4v) is 3.42. The van der Waals surface area contributed by atoms with Crippen LogP contribution < -0.4 is 0 Å². The van der Waals surface area contributed by atoms with E-state index in [1.54, 1.807) is 0 Å². The molecule has 2 bridgehead atoms. The van der Waals surface area contributed by atoms with Gasteiger partial charge in [0.05, 0.1) is 0 Å². The molecule has 3 atom stereocenters. The lowest BCUT2D eigenvalue weighted by Gasteiger charge is -2.32. The number of fused-ring (bicyclic) bond motifs is 2. The summed E-state index contributed by atoms with van der Waals surface area (Å²) in [4.78, 5) is 13.6. The van der Waals surface area contributed by atoms with E-state index in [1.807, 2.05) is 6.07 Å². The van der Waals surface area contributed by atoms with E-state index in [2.05, 4.69) is 29.2 Å². The number of rotatable bonds is 3. The number of nitrogens with zero attached hydrogens (tertiary/aromatic N) is 1. The molecular formula is C15H19NO2. The molecule has 1 aromatic rings. The van der Waals surface area contributed by atoms with Crippen LogP contribution >= 0.6 is 0 Å². The molecule has 18 heavy (non-hydrogen) atoms. The van der Waals surface area contributed by atoms with Gasteiger partial charge >= 0.3 is 5.97 Å². The summed E-state index contributed by atoms with van der Waals surface area (Å²) >= 11 is 0. The van der Waals surface area contributed by atoms with Gasteiger partial charge in [0.2, 0.25) is 0 Å². The summed E-state index contributed by atoms with van der Waals surface area (Å²) in [5, 5.41) is 0. The van der Waals surface area contributed by atoms with Gasteiger partial charge < -0.3 is 4.74 Å². The first-order valence-corrected chi connectivity index (χ1v) is 6.67. The maximum atomic E-state index is 11.1. The molecule has 1 aliphatic carbocycles. The Morgan fingerprint density at radius 1 is 1.33 bits per heavy atom. The van der Waals surface area contributed by atoms with E-state index in [0.717, 1.165) is 19.5 Å². The predicted octanol–water partition coefficient (Wildman–Crippen LogP) is 2.21. The Bertz CT molecular complexity index is 431. The molecular weight excluding hydrogens is 226 g/mol. The van der Waals surface area contributed by atoms with Crippen molar-refractivity contribution in [1.82, 2.24) is 4.90 Å². The summed E-state index contributed by atoms with van der Waals surface area (Å²) in [6, 6.07) is 10.9. The van der Waals surface area contributed by atoms with Crippen molar-refractivity contribution in [3.8, 4) is 0 Å². The summed E-state index contributed by atoms with van der Waals surface area (Å²) in [6.45, 7) is 3.63. The minimum absolute atomic E-state index is 0.116. The smallest absolute Gasteiger partial charge is 0.302 e. The van der Waals surface area contributed by atoms with Crippen molar-refractivity contribution in [2.75, 3.05) is 6.54 Å². The average Bonchev–Trinajstić information content (AvgIpc) is 2.88. The van der Waals surface area contributed by atoms with Crippen molar-refractivity contribution >= 4 is 5.97 Å². The zero-order valence-electron chi connectivity index (χ0n) is 10.7. The third-order valence-corrected chi connectivity index (χ3v) is 4.08. The molecule has 3 nitrogen and oxygen atoms in total. The van der Waals surface area contributed by atoms with Gasteiger partial charge in [-0.3, -0.25) is 9.69 Å². The maximum Gasteiger partial charge on any atom is 0.302 e. The van der Waals surface area contributed by atoms with Crippen molar-refractivity contribution in [1.29, 1.82) is 0 Å². The molecule has 1 aromatic carbocycles. The normalized spacial score (nSPS) is 30.6. The highest BCUT2D eigenvalue weighted by Crippen LogP contribution is 2.40. The van der Waals surface area contributed by atoms with E-state index < -0.39 is 0 Å². The van der Waals surface area contributed by atoms with Crippen LogP contribution in [-0.2, 0) is 16.1 Å². The number of hydrogen-bond donors (Lipinski definition) is 0. The molecule has 2 fully saturated rings. The summed E-state index contributed by atoms with van der Waals surface area (Å²) in [6.07, 6.45) is 2.35. The molecule has 2 aliphatic rings. The van der Waals surface area contributed by atoms with Crippen LogP contribution in [0.1, 0.15) is 25.3 Å². The van der Waals surface area contributed by atoms with E-state index in [1.165, 1.54) is 18.9 Å². The zero-order chi connectivity index (χ0) is 12.5. The van der Waals surface area contributed by atoms with Gasteiger partial charge in [0.1, 0.15) is 6.10 Å². The number of likely N-dealkylation sites (tertiary alicyclic amines) is 1. The van der Waals surface area contributed by atoms with Crippen LogP contribution in [0.4, 0.5) is 0 Å². The predicted molar refractivity (Wildman–Crippen MR) is 68.9 cm³/mol. The van der Waals surface area contributed by atoms with Crippen LogP contribution in [0.3, 0.4) is 0 Å². The van der Waals surface area contributed by atoms with Gasteiger partial charge in [0.25, 0.3) is 0 Å². The average molecular weight is 245 g/mol. The summed E-state index contributed by atoms with van der Waals surface area (Å²) in [5.41, 5.74) is 1.34. The van der Waals surface area contributed by atoms with E-state index in [4.69, 9.17) is 4.74 Å². The van der Waals surface area contributed by atoms with Crippen LogP contribution in [0.25, 0.3) is 0 Å². The molecule has 1 heterocycles. The number of ether oxygens (including phenoxy) is 1. The number of hydrogen-bond acceptors (Lipinski definition) is 3. The largest absolute Gasteiger partial charge is 0.461 e. The Balaban J connectivity index is 1.66. The maximum absolute atomic E-state index is 11.1. The highest BCUT2D eigenvalue weighted by atomic mass is 16.5.